The predicted molar refractivity (Wildman–Crippen MR) is 76.8 cm³/mol. The molecule has 0 aromatic carbocycles. The van der Waals surface area contributed by atoms with Crippen molar-refractivity contribution in [1.29, 1.82) is 0 Å². The smallest absolute Gasteiger partial charge is 0.240 e. The lowest BCUT2D eigenvalue weighted by atomic mass is 9.80. The minimum Gasteiger partial charge on any atom is -0.354 e. The maximum atomic E-state index is 12.1. The van der Waals surface area contributed by atoms with Crippen LogP contribution in [0, 0.1) is 11.8 Å². The highest BCUT2D eigenvalue weighted by atomic mass is 35.5. The third kappa shape index (κ3) is 3.61. The Kier molecular flexibility index (Phi) is 5.93. The van der Waals surface area contributed by atoms with Gasteiger partial charge in [0.15, 0.2) is 0 Å². The molecule has 0 bridgehead atoms. The van der Waals surface area contributed by atoms with E-state index >= 15 is 0 Å². The topological polar surface area (TPSA) is 55.1 Å². The van der Waals surface area contributed by atoms with Gasteiger partial charge in [-0.15, -0.1) is 12.4 Å². The normalized spacial score (nSPS) is 30.6. The summed E-state index contributed by atoms with van der Waals surface area (Å²) in [5, 5.41) is 3.10. The van der Waals surface area contributed by atoms with Crippen LogP contribution in [0.2, 0.25) is 0 Å². The summed E-state index contributed by atoms with van der Waals surface area (Å²) in [5.41, 5.74) is 5.58. The lowest BCUT2D eigenvalue weighted by Crippen LogP contribution is -2.53. The fourth-order valence-corrected chi connectivity index (χ4v) is 3.33. The summed E-state index contributed by atoms with van der Waals surface area (Å²) in [7, 11) is 0. The fourth-order valence-electron chi connectivity index (χ4n) is 3.33. The van der Waals surface area contributed by atoms with Crippen molar-refractivity contribution < 1.29 is 4.79 Å². The van der Waals surface area contributed by atoms with E-state index in [4.69, 9.17) is 5.73 Å². The average molecular weight is 275 g/mol. The molecule has 0 radical (unpaired) electrons. The minimum atomic E-state index is -0.558. The molecule has 0 saturated heterocycles. The summed E-state index contributed by atoms with van der Waals surface area (Å²) < 4.78 is 0. The zero-order valence-electron chi connectivity index (χ0n) is 11.4. The van der Waals surface area contributed by atoms with E-state index in [-0.39, 0.29) is 18.3 Å². The molecule has 106 valence electrons. The number of rotatable bonds is 3. The van der Waals surface area contributed by atoms with Crippen molar-refractivity contribution in [3.05, 3.63) is 0 Å². The molecule has 2 unspecified atom stereocenters. The summed E-state index contributed by atoms with van der Waals surface area (Å²) >= 11 is 0. The molecule has 2 rings (SSSR count). The second-order valence-electron chi connectivity index (χ2n) is 6.10. The summed E-state index contributed by atoms with van der Waals surface area (Å²) in [6, 6.07) is 0. The van der Waals surface area contributed by atoms with Crippen LogP contribution in [0.15, 0.2) is 0 Å². The summed E-state index contributed by atoms with van der Waals surface area (Å²) in [5.74, 6) is 1.51. The molecule has 18 heavy (non-hydrogen) atoms. The van der Waals surface area contributed by atoms with Crippen LogP contribution in [0.4, 0.5) is 0 Å². The molecule has 3 N–H and O–H groups in total. The third-order valence-corrected chi connectivity index (χ3v) is 4.76. The lowest BCUT2D eigenvalue weighted by Gasteiger charge is -2.30. The fraction of sp³-hybridized carbons (Fsp3) is 0.929. The Morgan fingerprint density at radius 1 is 1.22 bits per heavy atom. The maximum Gasteiger partial charge on any atom is 0.240 e. The average Bonchev–Trinajstić information content (AvgIpc) is 2.76. The molecule has 1 amide bonds. The Morgan fingerprint density at radius 3 is 2.44 bits per heavy atom. The standard InChI is InChI=1S/C14H26N2O.ClH/c1-11-6-2-3-7-12(11)10-16-13(17)14(15)8-4-5-9-14;/h11-12H,2-10,15H2,1H3,(H,16,17);1H. The Balaban J connectivity index is 0.00000162. The number of hydrogen-bond acceptors (Lipinski definition) is 2. The van der Waals surface area contributed by atoms with Crippen molar-refractivity contribution in [3.63, 3.8) is 0 Å². The van der Waals surface area contributed by atoms with Crippen LogP contribution in [-0.4, -0.2) is 18.0 Å². The molecule has 2 aliphatic rings. The Bertz CT molecular complexity index is 277. The molecule has 0 aromatic heterocycles. The zero-order chi connectivity index (χ0) is 12.3. The van der Waals surface area contributed by atoms with E-state index in [0.29, 0.717) is 5.92 Å². The van der Waals surface area contributed by atoms with Crippen molar-refractivity contribution in [3.8, 4) is 0 Å². The molecule has 3 nitrogen and oxygen atoms in total. The van der Waals surface area contributed by atoms with Gasteiger partial charge < -0.3 is 11.1 Å². The number of hydrogen-bond donors (Lipinski definition) is 2. The van der Waals surface area contributed by atoms with Crippen LogP contribution in [0.25, 0.3) is 0 Å². The van der Waals surface area contributed by atoms with E-state index in [0.717, 1.165) is 38.1 Å². The zero-order valence-corrected chi connectivity index (χ0v) is 12.2. The Labute approximate surface area is 117 Å². The predicted octanol–water partition coefficient (Wildman–Crippen LogP) is 2.62. The van der Waals surface area contributed by atoms with Gasteiger partial charge in [-0.05, 0) is 31.1 Å². The molecule has 0 heterocycles. The van der Waals surface area contributed by atoms with Crippen LogP contribution in [-0.2, 0) is 4.79 Å². The van der Waals surface area contributed by atoms with Gasteiger partial charge in [0.25, 0.3) is 0 Å². The van der Waals surface area contributed by atoms with Crippen LogP contribution in [0.1, 0.15) is 58.3 Å². The van der Waals surface area contributed by atoms with Crippen molar-refractivity contribution in [1.82, 2.24) is 5.32 Å². The highest BCUT2D eigenvalue weighted by molar-refractivity contribution is 5.86. The van der Waals surface area contributed by atoms with E-state index in [1.807, 2.05) is 0 Å². The van der Waals surface area contributed by atoms with Gasteiger partial charge in [0, 0.05) is 6.54 Å². The summed E-state index contributed by atoms with van der Waals surface area (Å²) in [4.78, 5) is 12.1. The molecular weight excluding hydrogens is 248 g/mol. The largest absolute Gasteiger partial charge is 0.354 e. The first-order valence-electron chi connectivity index (χ1n) is 7.19. The van der Waals surface area contributed by atoms with Gasteiger partial charge in [-0.1, -0.05) is 39.0 Å². The van der Waals surface area contributed by atoms with Gasteiger partial charge in [0.05, 0.1) is 5.54 Å². The van der Waals surface area contributed by atoms with E-state index in [1.165, 1.54) is 25.7 Å². The van der Waals surface area contributed by atoms with Gasteiger partial charge in [0.2, 0.25) is 5.91 Å². The first-order valence-corrected chi connectivity index (χ1v) is 7.19. The quantitative estimate of drug-likeness (QED) is 0.831. The minimum absolute atomic E-state index is 0. The summed E-state index contributed by atoms with van der Waals surface area (Å²) in [6.45, 7) is 3.14. The highest BCUT2D eigenvalue weighted by Crippen LogP contribution is 2.30. The van der Waals surface area contributed by atoms with E-state index in [2.05, 4.69) is 12.2 Å². The Morgan fingerprint density at radius 2 is 1.83 bits per heavy atom. The van der Waals surface area contributed by atoms with E-state index in [1.54, 1.807) is 0 Å². The van der Waals surface area contributed by atoms with Crippen LogP contribution in [0.5, 0.6) is 0 Å². The van der Waals surface area contributed by atoms with E-state index in [9.17, 15) is 4.79 Å². The van der Waals surface area contributed by atoms with Crippen LogP contribution in [0.3, 0.4) is 0 Å². The van der Waals surface area contributed by atoms with Crippen LogP contribution >= 0.6 is 12.4 Å². The number of amides is 1. The first kappa shape index (κ1) is 15.8. The Hall–Kier alpha value is -0.280. The molecule has 4 heteroatoms. The second kappa shape index (κ2) is 6.76. The van der Waals surface area contributed by atoms with Gasteiger partial charge in [-0.25, -0.2) is 0 Å². The molecule has 0 spiro atoms. The summed E-state index contributed by atoms with van der Waals surface area (Å²) in [6.07, 6.45) is 9.17. The molecule has 2 atom stereocenters. The molecule has 2 fully saturated rings. The molecule has 0 aromatic rings. The number of carbonyl (C=O) groups is 1. The number of nitrogens with two attached hydrogens (primary N) is 1. The maximum absolute atomic E-state index is 12.1. The first-order chi connectivity index (χ1) is 8.12. The molecule has 0 aliphatic heterocycles. The van der Waals surface area contributed by atoms with Crippen molar-refractivity contribution in [2.24, 2.45) is 17.6 Å². The number of halogens is 1. The molecular formula is C14H27ClN2O. The third-order valence-electron chi connectivity index (χ3n) is 4.76. The molecule has 2 saturated carbocycles. The van der Waals surface area contributed by atoms with Gasteiger partial charge in [0.1, 0.15) is 0 Å². The van der Waals surface area contributed by atoms with Gasteiger partial charge >= 0.3 is 0 Å². The molecule has 2 aliphatic carbocycles. The lowest BCUT2D eigenvalue weighted by molar-refractivity contribution is -0.126. The second-order valence-corrected chi connectivity index (χ2v) is 6.10. The number of carbonyl (C=O) groups excluding carboxylic acids is 1. The van der Waals surface area contributed by atoms with Crippen molar-refractivity contribution in [2.45, 2.75) is 63.8 Å². The number of nitrogens with one attached hydrogen (secondary N) is 1. The van der Waals surface area contributed by atoms with Crippen molar-refractivity contribution >= 4 is 18.3 Å². The van der Waals surface area contributed by atoms with E-state index < -0.39 is 5.54 Å². The SMILES string of the molecule is CC1CCCCC1CNC(=O)C1(N)CCCC1.Cl. The highest BCUT2D eigenvalue weighted by Gasteiger charge is 2.37. The monoisotopic (exact) mass is 274 g/mol. The van der Waals surface area contributed by atoms with Crippen molar-refractivity contribution in [2.75, 3.05) is 6.54 Å². The van der Waals surface area contributed by atoms with Gasteiger partial charge in [-0.2, -0.15) is 0 Å². The van der Waals surface area contributed by atoms with Crippen LogP contribution < -0.4 is 11.1 Å². The van der Waals surface area contributed by atoms with Gasteiger partial charge in [-0.3, -0.25) is 4.79 Å².